The van der Waals surface area contributed by atoms with Gasteiger partial charge in [0.05, 0.1) is 6.42 Å². The Kier molecular flexibility index (Phi) is 5.86. The van der Waals surface area contributed by atoms with Crippen LogP contribution >= 0.6 is 11.6 Å². The van der Waals surface area contributed by atoms with Gasteiger partial charge >= 0.3 is 0 Å². The van der Waals surface area contributed by atoms with Crippen LogP contribution in [0.2, 0.25) is 5.02 Å². The van der Waals surface area contributed by atoms with E-state index in [1.54, 1.807) is 30.3 Å². The van der Waals surface area contributed by atoms with Gasteiger partial charge in [-0.1, -0.05) is 60.1 Å². The first-order chi connectivity index (χ1) is 14.6. The van der Waals surface area contributed by atoms with Gasteiger partial charge in [-0.05, 0) is 41.5 Å². The van der Waals surface area contributed by atoms with E-state index in [4.69, 9.17) is 16.0 Å². The molecule has 0 saturated carbocycles. The van der Waals surface area contributed by atoms with Crippen molar-refractivity contribution in [3.63, 3.8) is 0 Å². The third-order valence-electron chi connectivity index (χ3n) is 4.53. The second-order valence-corrected chi connectivity index (χ2v) is 7.04. The Morgan fingerprint density at radius 1 is 0.967 bits per heavy atom. The van der Waals surface area contributed by atoms with Gasteiger partial charge in [0.25, 0.3) is 0 Å². The minimum Gasteiger partial charge on any atom is -0.418 e. The van der Waals surface area contributed by atoms with Crippen LogP contribution in [-0.2, 0) is 11.2 Å². The molecule has 1 atom stereocenters. The van der Waals surface area contributed by atoms with Gasteiger partial charge < -0.3 is 9.73 Å². The molecule has 1 amide bonds. The number of hydrogen-bond donors (Lipinski definition) is 1. The Hall–Kier alpha value is -3.51. The van der Waals surface area contributed by atoms with Crippen molar-refractivity contribution in [2.24, 2.45) is 0 Å². The third kappa shape index (κ3) is 4.55. The van der Waals surface area contributed by atoms with E-state index in [9.17, 15) is 9.18 Å². The predicted molar refractivity (Wildman–Crippen MR) is 111 cm³/mol. The fourth-order valence-electron chi connectivity index (χ4n) is 3.02. The number of amides is 1. The average Bonchev–Trinajstić information content (AvgIpc) is 3.25. The molecule has 0 unspecified atom stereocenters. The van der Waals surface area contributed by atoms with Crippen LogP contribution < -0.4 is 5.32 Å². The molecule has 0 spiro atoms. The SMILES string of the molecule is O=C(Cc1ccccc1Cl)N[C@H](c1ccc(F)cc1)c1nnc(-c2ccccc2)o1. The number of nitrogens with zero attached hydrogens (tertiary/aromatic N) is 2. The van der Waals surface area contributed by atoms with Crippen molar-refractivity contribution in [2.75, 3.05) is 0 Å². The summed E-state index contributed by atoms with van der Waals surface area (Å²) < 4.78 is 19.3. The summed E-state index contributed by atoms with van der Waals surface area (Å²) in [6.45, 7) is 0. The number of benzene rings is 3. The Bertz CT molecular complexity index is 1150. The normalized spacial score (nSPS) is 11.8. The highest BCUT2D eigenvalue weighted by Gasteiger charge is 2.24. The van der Waals surface area contributed by atoms with E-state index in [2.05, 4.69) is 15.5 Å². The lowest BCUT2D eigenvalue weighted by molar-refractivity contribution is -0.121. The molecule has 0 aliphatic heterocycles. The Morgan fingerprint density at radius 3 is 2.40 bits per heavy atom. The summed E-state index contributed by atoms with van der Waals surface area (Å²) in [7, 11) is 0. The van der Waals surface area contributed by atoms with Gasteiger partial charge in [-0.3, -0.25) is 4.79 Å². The van der Waals surface area contributed by atoms with Gasteiger partial charge in [-0.25, -0.2) is 4.39 Å². The third-order valence-corrected chi connectivity index (χ3v) is 4.89. The molecule has 3 aromatic carbocycles. The van der Waals surface area contributed by atoms with Gasteiger partial charge in [0.2, 0.25) is 17.7 Å². The summed E-state index contributed by atoms with van der Waals surface area (Å²) in [5.41, 5.74) is 2.08. The molecule has 150 valence electrons. The van der Waals surface area contributed by atoms with Crippen LogP contribution in [0.5, 0.6) is 0 Å². The predicted octanol–water partition coefficient (Wildman–Crippen LogP) is 4.98. The molecule has 30 heavy (non-hydrogen) atoms. The molecular weight excluding hydrogens is 405 g/mol. The molecule has 0 bridgehead atoms. The van der Waals surface area contributed by atoms with Crippen molar-refractivity contribution in [3.05, 3.63) is 107 Å². The quantitative estimate of drug-likeness (QED) is 0.477. The van der Waals surface area contributed by atoms with Crippen LogP contribution in [0.15, 0.2) is 83.3 Å². The summed E-state index contributed by atoms with van der Waals surface area (Å²) in [6.07, 6.45) is 0.0804. The van der Waals surface area contributed by atoms with Crippen molar-refractivity contribution in [1.82, 2.24) is 15.5 Å². The summed E-state index contributed by atoms with van der Waals surface area (Å²) >= 11 is 6.16. The molecule has 1 aromatic heterocycles. The Balaban J connectivity index is 1.62. The molecular formula is C23H17ClFN3O2. The number of carbonyl (C=O) groups is 1. The van der Waals surface area contributed by atoms with Gasteiger partial charge in [-0.15, -0.1) is 10.2 Å². The van der Waals surface area contributed by atoms with Crippen LogP contribution in [0.3, 0.4) is 0 Å². The summed E-state index contributed by atoms with van der Waals surface area (Å²) in [5.74, 6) is -0.127. The summed E-state index contributed by atoms with van der Waals surface area (Å²) in [4.78, 5) is 12.7. The lowest BCUT2D eigenvalue weighted by Crippen LogP contribution is -2.31. The monoisotopic (exact) mass is 421 g/mol. The maximum Gasteiger partial charge on any atom is 0.247 e. The molecule has 1 heterocycles. The zero-order valence-electron chi connectivity index (χ0n) is 15.8. The minimum atomic E-state index is -0.731. The van der Waals surface area contributed by atoms with Crippen LogP contribution in [0.4, 0.5) is 4.39 Å². The zero-order chi connectivity index (χ0) is 20.9. The van der Waals surface area contributed by atoms with E-state index < -0.39 is 6.04 Å². The first kappa shape index (κ1) is 19.8. The molecule has 0 aliphatic carbocycles. The highest BCUT2D eigenvalue weighted by molar-refractivity contribution is 6.31. The van der Waals surface area contributed by atoms with E-state index in [1.807, 2.05) is 36.4 Å². The fraction of sp³-hybridized carbons (Fsp3) is 0.0870. The topological polar surface area (TPSA) is 68.0 Å². The zero-order valence-corrected chi connectivity index (χ0v) is 16.5. The van der Waals surface area contributed by atoms with E-state index in [0.717, 1.165) is 5.56 Å². The van der Waals surface area contributed by atoms with E-state index in [1.165, 1.54) is 12.1 Å². The molecule has 0 radical (unpaired) electrons. The number of hydrogen-bond acceptors (Lipinski definition) is 4. The molecule has 4 rings (SSSR count). The molecule has 1 N–H and O–H groups in total. The van der Waals surface area contributed by atoms with Crippen molar-refractivity contribution < 1.29 is 13.6 Å². The summed E-state index contributed by atoms with van der Waals surface area (Å²) in [6, 6.07) is 21.5. The first-order valence-electron chi connectivity index (χ1n) is 9.27. The first-order valence-corrected chi connectivity index (χ1v) is 9.65. The van der Waals surface area contributed by atoms with Crippen LogP contribution in [-0.4, -0.2) is 16.1 Å². The second-order valence-electron chi connectivity index (χ2n) is 6.63. The molecule has 4 aromatic rings. The molecule has 7 heteroatoms. The van der Waals surface area contributed by atoms with Crippen LogP contribution in [0.25, 0.3) is 11.5 Å². The molecule has 0 fully saturated rings. The van der Waals surface area contributed by atoms with Crippen molar-refractivity contribution in [2.45, 2.75) is 12.5 Å². The number of carbonyl (C=O) groups excluding carboxylic acids is 1. The van der Waals surface area contributed by atoms with E-state index in [0.29, 0.717) is 22.0 Å². The lowest BCUT2D eigenvalue weighted by Gasteiger charge is -2.16. The maximum absolute atomic E-state index is 13.4. The van der Waals surface area contributed by atoms with E-state index in [-0.39, 0.29) is 24.0 Å². The van der Waals surface area contributed by atoms with E-state index >= 15 is 0 Å². The number of aromatic nitrogens is 2. The largest absolute Gasteiger partial charge is 0.418 e. The Labute approximate surface area is 177 Å². The smallest absolute Gasteiger partial charge is 0.247 e. The highest BCUT2D eigenvalue weighted by atomic mass is 35.5. The molecule has 5 nitrogen and oxygen atoms in total. The minimum absolute atomic E-state index is 0.0804. The van der Waals surface area contributed by atoms with Crippen LogP contribution in [0, 0.1) is 5.82 Å². The van der Waals surface area contributed by atoms with Crippen molar-refractivity contribution in [1.29, 1.82) is 0 Å². The van der Waals surface area contributed by atoms with Gasteiger partial charge in [-0.2, -0.15) is 0 Å². The second kappa shape index (κ2) is 8.88. The average molecular weight is 422 g/mol. The fourth-order valence-corrected chi connectivity index (χ4v) is 3.22. The van der Waals surface area contributed by atoms with Crippen LogP contribution in [0.1, 0.15) is 23.1 Å². The standard InChI is InChI=1S/C23H17ClFN3O2/c24-19-9-5-4-8-17(19)14-20(29)26-21(15-10-12-18(25)13-11-15)23-28-27-22(30-23)16-6-2-1-3-7-16/h1-13,21H,14H2,(H,26,29)/t21-/m1/s1. The van der Waals surface area contributed by atoms with Crippen molar-refractivity contribution >= 4 is 17.5 Å². The van der Waals surface area contributed by atoms with Gasteiger partial charge in [0.15, 0.2) is 0 Å². The van der Waals surface area contributed by atoms with Gasteiger partial charge in [0.1, 0.15) is 11.9 Å². The van der Waals surface area contributed by atoms with Crippen molar-refractivity contribution in [3.8, 4) is 11.5 Å². The number of rotatable bonds is 6. The lowest BCUT2D eigenvalue weighted by atomic mass is 10.1. The highest BCUT2D eigenvalue weighted by Crippen LogP contribution is 2.26. The maximum atomic E-state index is 13.4. The number of nitrogens with one attached hydrogen (secondary N) is 1. The summed E-state index contributed by atoms with van der Waals surface area (Å²) in [5, 5.41) is 11.6. The molecule has 0 saturated heterocycles. The molecule has 0 aliphatic rings. The Morgan fingerprint density at radius 2 is 1.67 bits per heavy atom. The number of halogens is 2. The van der Waals surface area contributed by atoms with Gasteiger partial charge in [0, 0.05) is 10.6 Å².